The maximum atomic E-state index is 13.6. The minimum Gasteiger partial charge on any atom is -0.349 e. The van der Waals surface area contributed by atoms with Gasteiger partial charge in [-0.15, -0.1) is 0 Å². The Bertz CT molecular complexity index is 457. The molecule has 2 rings (SSSR count). The third-order valence-electron chi connectivity index (χ3n) is 3.33. The summed E-state index contributed by atoms with van der Waals surface area (Å²) in [7, 11) is 0. The van der Waals surface area contributed by atoms with Crippen molar-refractivity contribution < 1.29 is 13.6 Å². The van der Waals surface area contributed by atoms with Gasteiger partial charge >= 0.3 is 0 Å². The number of benzene rings is 1. The van der Waals surface area contributed by atoms with Crippen LogP contribution in [0.4, 0.5) is 8.78 Å². The normalized spacial score (nSPS) is 23.3. The topological polar surface area (TPSA) is 29.1 Å². The van der Waals surface area contributed by atoms with Crippen molar-refractivity contribution in [1.82, 2.24) is 5.32 Å². The summed E-state index contributed by atoms with van der Waals surface area (Å²) in [6.45, 7) is 3.70. The first-order valence-electron chi connectivity index (χ1n) is 5.67. The van der Waals surface area contributed by atoms with Crippen LogP contribution in [0.3, 0.4) is 0 Å². The van der Waals surface area contributed by atoms with Gasteiger partial charge in [-0.3, -0.25) is 4.79 Å². The zero-order chi connectivity index (χ0) is 12.6. The number of hydrogen-bond acceptors (Lipinski definition) is 1. The van der Waals surface area contributed by atoms with E-state index >= 15 is 0 Å². The molecule has 0 spiro atoms. The van der Waals surface area contributed by atoms with Crippen molar-refractivity contribution in [3.05, 3.63) is 35.4 Å². The molecule has 1 aromatic carbocycles. The smallest absolute Gasteiger partial charge is 0.226 e. The Balaban J connectivity index is 2.26. The highest BCUT2D eigenvalue weighted by Gasteiger charge is 2.35. The summed E-state index contributed by atoms with van der Waals surface area (Å²) in [6.07, 6.45) is 1.29. The second kappa shape index (κ2) is 4.09. The van der Waals surface area contributed by atoms with Gasteiger partial charge in [0.25, 0.3) is 0 Å². The predicted octanol–water partition coefficient (Wildman–Crippen LogP) is 2.94. The van der Waals surface area contributed by atoms with Crippen molar-refractivity contribution in [3.8, 4) is 0 Å². The van der Waals surface area contributed by atoms with E-state index < -0.39 is 23.1 Å². The van der Waals surface area contributed by atoms with Gasteiger partial charge in [0.1, 0.15) is 0 Å². The lowest BCUT2D eigenvalue weighted by Crippen LogP contribution is -2.44. The molecule has 1 N–H and O–H groups in total. The summed E-state index contributed by atoms with van der Waals surface area (Å²) in [5, 5.41) is 2.75. The average molecular weight is 239 g/mol. The lowest BCUT2D eigenvalue weighted by atomic mass is 9.80. The van der Waals surface area contributed by atoms with Gasteiger partial charge < -0.3 is 5.32 Å². The molecule has 1 amide bonds. The van der Waals surface area contributed by atoms with E-state index in [1.165, 1.54) is 12.1 Å². The number of nitrogens with one attached hydrogen (secondary N) is 1. The zero-order valence-corrected chi connectivity index (χ0v) is 9.89. The number of amides is 1. The van der Waals surface area contributed by atoms with Crippen LogP contribution < -0.4 is 5.32 Å². The van der Waals surface area contributed by atoms with Gasteiger partial charge in [-0.1, -0.05) is 26.0 Å². The highest BCUT2D eigenvalue weighted by molar-refractivity contribution is 5.83. The lowest BCUT2D eigenvalue weighted by molar-refractivity contribution is -0.133. The van der Waals surface area contributed by atoms with Crippen LogP contribution in [-0.2, 0) is 4.79 Å². The van der Waals surface area contributed by atoms with E-state index in [-0.39, 0.29) is 11.5 Å². The van der Waals surface area contributed by atoms with Crippen molar-refractivity contribution in [2.45, 2.75) is 32.7 Å². The van der Waals surface area contributed by atoms with Gasteiger partial charge in [-0.2, -0.15) is 0 Å². The highest BCUT2D eigenvalue weighted by Crippen LogP contribution is 2.34. The molecule has 0 aliphatic carbocycles. The van der Waals surface area contributed by atoms with Crippen molar-refractivity contribution in [1.29, 1.82) is 0 Å². The molecule has 1 saturated heterocycles. The number of piperidine rings is 1. The fraction of sp³-hybridized carbons (Fsp3) is 0.462. The number of carbonyl (C=O) groups is 1. The Kier molecular flexibility index (Phi) is 2.89. The van der Waals surface area contributed by atoms with Crippen LogP contribution in [0.25, 0.3) is 0 Å². The molecule has 0 radical (unpaired) electrons. The van der Waals surface area contributed by atoms with E-state index in [2.05, 4.69) is 5.32 Å². The standard InChI is InChI=1S/C13H15F2NO/c1-13(2)7-6-10(16-12(13)17)8-4-3-5-9(14)11(8)15/h3-5,10H,6-7H2,1-2H3,(H,16,17)/t10-/m0/s1. The van der Waals surface area contributed by atoms with Gasteiger partial charge in [-0.05, 0) is 18.9 Å². The fourth-order valence-corrected chi connectivity index (χ4v) is 2.07. The number of carbonyl (C=O) groups excluding carboxylic acids is 1. The van der Waals surface area contributed by atoms with Gasteiger partial charge in [0.05, 0.1) is 6.04 Å². The molecule has 1 heterocycles. The second-order valence-electron chi connectivity index (χ2n) is 5.09. The van der Waals surface area contributed by atoms with Gasteiger partial charge in [0.2, 0.25) is 5.91 Å². The molecule has 0 bridgehead atoms. The van der Waals surface area contributed by atoms with Crippen LogP contribution in [0.1, 0.15) is 38.3 Å². The third-order valence-corrected chi connectivity index (χ3v) is 3.33. The van der Waals surface area contributed by atoms with Crippen LogP contribution in [-0.4, -0.2) is 5.91 Å². The summed E-state index contributed by atoms with van der Waals surface area (Å²) >= 11 is 0. The van der Waals surface area contributed by atoms with Crippen LogP contribution >= 0.6 is 0 Å². The fourth-order valence-electron chi connectivity index (χ4n) is 2.07. The molecule has 2 nitrogen and oxygen atoms in total. The van der Waals surface area contributed by atoms with Crippen molar-refractivity contribution >= 4 is 5.91 Å². The molecule has 1 aliphatic heterocycles. The van der Waals surface area contributed by atoms with Crippen molar-refractivity contribution in [3.63, 3.8) is 0 Å². The summed E-state index contributed by atoms with van der Waals surface area (Å²) < 4.78 is 26.7. The van der Waals surface area contributed by atoms with E-state index in [1.54, 1.807) is 0 Å². The largest absolute Gasteiger partial charge is 0.349 e. The summed E-state index contributed by atoms with van der Waals surface area (Å²) in [4.78, 5) is 11.8. The van der Waals surface area contributed by atoms with Crippen LogP contribution in [0.15, 0.2) is 18.2 Å². The monoisotopic (exact) mass is 239 g/mol. The first-order valence-corrected chi connectivity index (χ1v) is 5.67. The molecule has 0 unspecified atom stereocenters. The van der Waals surface area contributed by atoms with Gasteiger partial charge in [0, 0.05) is 11.0 Å². The van der Waals surface area contributed by atoms with E-state index in [9.17, 15) is 13.6 Å². The summed E-state index contributed by atoms with van der Waals surface area (Å²) in [5.74, 6) is -1.85. The summed E-state index contributed by atoms with van der Waals surface area (Å²) in [5.41, 5.74) is -0.200. The van der Waals surface area contributed by atoms with E-state index in [0.717, 1.165) is 6.07 Å². The van der Waals surface area contributed by atoms with E-state index in [4.69, 9.17) is 0 Å². The van der Waals surface area contributed by atoms with Crippen LogP contribution in [0.2, 0.25) is 0 Å². The van der Waals surface area contributed by atoms with Crippen LogP contribution in [0.5, 0.6) is 0 Å². The zero-order valence-electron chi connectivity index (χ0n) is 9.89. The molecule has 17 heavy (non-hydrogen) atoms. The Hall–Kier alpha value is -1.45. The van der Waals surface area contributed by atoms with E-state index in [0.29, 0.717) is 12.8 Å². The lowest BCUT2D eigenvalue weighted by Gasteiger charge is -2.34. The second-order valence-corrected chi connectivity index (χ2v) is 5.09. The molecule has 1 atom stereocenters. The molecule has 1 aliphatic rings. The van der Waals surface area contributed by atoms with Gasteiger partial charge in [-0.25, -0.2) is 8.78 Å². The summed E-state index contributed by atoms with van der Waals surface area (Å²) in [6, 6.07) is 3.63. The molecule has 0 saturated carbocycles. The molecular formula is C13H15F2NO. The molecule has 1 aromatic rings. The Morgan fingerprint density at radius 1 is 1.35 bits per heavy atom. The average Bonchev–Trinajstić information content (AvgIpc) is 2.26. The first-order chi connectivity index (χ1) is 7.92. The predicted molar refractivity (Wildman–Crippen MR) is 60.3 cm³/mol. The minimum atomic E-state index is -0.874. The van der Waals surface area contributed by atoms with Crippen molar-refractivity contribution in [2.75, 3.05) is 0 Å². The molecule has 92 valence electrons. The Labute approximate surface area is 99.0 Å². The number of hydrogen-bond donors (Lipinski definition) is 1. The Morgan fingerprint density at radius 3 is 2.71 bits per heavy atom. The van der Waals surface area contributed by atoms with Crippen LogP contribution in [0, 0.1) is 17.0 Å². The minimum absolute atomic E-state index is 0.114. The molecule has 1 fully saturated rings. The highest BCUT2D eigenvalue weighted by atomic mass is 19.2. The molecule has 4 heteroatoms. The van der Waals surface area contributed by atoms with Gasteiger partial charge in [0.15, 0.2) is 11.6 Å². The quantitative estimate of drug-likeness (QED) is 0.802. The number of rotatable bonds is 1. The Morgan fingerprint density at radius 2 is 2.06 bits per heavy atom. The molecule has 0 aromatic heterocycles. The van der Waals surface area contributed by atoms with Crippen molar-refractivity contribution in [2.24, 2.45) is 5.41 Å². The maximum Gasteiger partial charge on any atom is 0.226 e. The SMILES string of the molecule is CC1(C)CC[C@@H](c2cccc(F)c2F)NC1=O. The maximum absolute atomic E-state index is 13.6. The molecular weight excluding hydrogens is 224 g/mol. The third kappa shape index (κ3) is 2.16. The number of halogens is 2. The first kappa shape index (κ1) is 12.0. The van der Waals surface area contributed by atoms with E-state index in [1.807, 2.05) is 13.8 Å².